The number of carbonyl (C=O) groups excluding carboxylic acids is 1. The van der Waals surface area contributed by atoms with Crippen LogP contribution < -0.4 is 5.32 Å². The summed E-state index contributed by atoms with van der Waals surface area (Å²) in [6.07, 6.45) is 2.60. The van der Waals surface area contributed by atoms with E-state index in [4.69, 9.17) is 4.74 Å². The number of morpholine rings is 1. The fraction of sp³-hybridized carbons (Fsp3) is 0.588. The molecule has 0 bridgehead atoms. The molecule has 1 aliphatic heterocycles. The normalized spacial score (nSPS) is 15.5. The molecule has 3 rings (SSSR count). The van der Waals surface area contributed by atoms with Gasteiger partial charge >= 0.3 is 0 Å². The zero-order valence-electron chi connectivity index (χ0n) is 15.0. The third kappa shape index (κ3) is 4.08. The Hall–Kier alpha value is -1.77. The molecule has 0 aromatic carbocycles. The lowest BCUT2D eigenvalue weighted by atomic mass is 10.2. The first-order valence-electron chi connectivity index (χ1n) is 8.57. The van der Waals surface area contributed by atoms with Crippen LogP contribution in [-0.4, -0.2) is 79.2 Å². The second kappa shape index (κ2) is 8.07. The van der Waals surface area contributed by atoms with Gasteiger partial charge in [0.1, 0.15) is 17.0 Å². The van der Waals surface area contributed by atoms with Crippen LogP contribution in [0, 0.1) is 6.92 Å². The van der Waals surface area contributed by atoms with Gasteiger partial charge in [-0.15, -0.1) is 11.3 Å². The molecule has 7 nitrogen and oxygen atoms in total. The van der Waals surface area contributed by atoms with Crippen molar-refractivity contribution in [3.63, 3.8) is 0 Å². The van der Waals surface area contributed by atoms with Crippen molar-refractivity contribution in [2.75, 3.05) is 58.8 Å². The first kappa shape index (κ1) is 18.0. The van der Waals surface area contributed by atoms with Gasteiger partial charge in [-0.3, -0.25) is 9.69 Å². The summed E-state index contributed by atoms with van der Waals surface area (Å²) in [6, 6.07) is 0. The smallest absolute Gasteiger partial charge is 0.263 e. The molecule has 0 spiro atoms. The minimum Gasteiger partial charge on any atom is -0.379 e. The summed E-state index contributed by atoms with van der Waals surface area (Å²) in [5.41, 5.74) is 0.954. The molecule has 3 heterocycles. The standard InChI is InChI=1S/C17H25N5O2S/c1-12-13-15(18-5-4-6-22-7-9-24-10-8-22)19-11-20-16(13)25-14(12)17(23)21(2)3/h11H,4-10H2,1-3H3,(H,18,19,20). The molecule has 2 aromatic heterocycles. The molecule has 1 amide bonds. The van der Waals surface area contributed by atoms with Gasteiger partial charge in [0.25, 0.3) is 5.91 Å². The lowest BCUT2D eigenvalue weighted by Crippen LogP contribution is -2.37. The minimum atomic E-state index is 0.0127. The van der Waals surface area contributed by atoms with Gasteiger partial charge in [-0.1, -0.05) is 0 Å². The van der Waals surface area contributed by atoms with Gasteiger partial charge in [-0.05, 0) is 25.5 Å². The minimum absolute atomic E-state index is 0.0127. The van der Waals surface area contributed by atoms with Crippen LogP contribution in [-0.2, 0) is 4.74 Å². The highest BCUT2D eigenvalue weighted by Gasteiger charge is 2.20. The van der Waals surface area contributed by atoms with Crippen molar-refractivity contribution in [1.29, 1.82) is 0 Å². The van der Waals surface area contributed by atoms with Crippen LogP contribution in [0.15, 0.2) is 6.33 Å². The Kier molecular flexibility index (Phi) is 5.82. The summed E-state index contributed by atoms with van der Waals surface area (Å²) in [4.78, 5) is 26.7. The monoisotopic (exact) mass is 363 g/mol. The molecule has 2 aromatic rings. The largest absolute Gasteiger partial charge is 0.379 e. The van der Waals surface area contributed by atoms with Crippen LogP contribution in [0.25, 0.3) is 10.2 Å². The predicted octanol–water partition coefficient (Wildman–Crippen LogP) is 1.84. The van der Waals surface area contributed by atoms with Gasteiger partial charge in [0, 0.05) is 33.7 Å². The van der Waals surface area contributed by atoms with Crippen LogP contribution in [0.3, 0.4) is 0 Å². The molecular weight excluding hydrogens is 338 g/mol. The average molecular weight is 363 g/mol. The molecule has 0 saturated carbocycles. The van der Waals surface area contributed by atoms with E-state index in [1.165, 1.54) is 11.3 Å². The maximum atomic E-state index is 12.3. The van der Waals surface area contributed by atoms with E-state index in [9.17, 15) is 4.79 Å². The molecule has 1 saturated heterocycles. The van der Waals surface area contributed by atoms with Crippen molar-refractivity contribution in [3.8, 4) is 0 Å². The molecule has 8 heteroatoms. The molecule has 1 N–H and O–H groups in total. The molecule has 25 heavy (non-hydrogen) atoms. The number of carbonyl (C=O) groups is 1. The van der Waals surface area contributed by atoms with Crippen molar-refractivity contribution < 1.29 is 9.53 Å². The SMILES string of the molecule is Cc1c(C(=O)N(C)C)sc2ncnc(NCCCN3CCOCC3)c12. The van der Waals surface area contributed by atoms with Gasteiger partial charge in [-0.25, -0.2) is 9.97 Å². The van der Waals surface area contributed by atoms with Crippen molar-refractivity contribution in [2.24, 2.45) is 0 Å². The van der Waals surface area contributed by atoms with E-state index in [1.807, 2.05) is 6.92 Å². The van der Waals surface area contributed by atoms with E-state index in [2.05, 4.69) is 20.2 Å². The summed E-state index contributed by atoms with van der Waals surface area (Å²) < 4.78 is 5.37. The number of hydrogen-bond acceptors (Lipinski definition) is 7. The number of anilines is 1. The summed E-state index contributed by atoms with van der Waals surface area (Å²) in [5.74, 6) is 0.831. The zero-order valence-corrected chi connectivity index (χ0v) is 15.9. The average Bonchev–Trinajstić information content (AvgIpc) is 2.96. The van der Waals surface area contributed by atoms with Crippen molar-refractivity contribution in [2.45, 2.75) is 13.3 Å². The molecule has 1 aliphatic rings. The van der Waals surface area contributed by atoms with Crippen LogP contribution in [0.4, 0.5) is 5.82 Å². The van der Waals surface area contributed by atoms with Gasteiger partial charge < -0.3 is 15.0 Å². The number of nitrogens with zero attached hydrogens (tertiary/aromatic N) is 4. The molecule has 1 fully saturated rings. The Morgan fingerprint density at radius 1 is 1.36 bits per heavy atom. The van der Waals surface area contributed by atoms with E-state index in [1.54, 1.807) is 25.3 Å². The second-order valence-electron chi connectivity index (χ2n) is 6.39. The van der Waals surface area contributed by atoms with Crippen molar-refractivity contribution in [1.82, 2.24) is 19.8 Å². The number of aromatic nitrogens is 2. The summed E-state index contributed by atoms with van der Waals surface area (Å²) in [5, 5.41) is 4.38. The van der Waals surface area contributed by atoms with Crippen LogP contribution in [0.1, 0.15) is 21.7 Å². The maximum Gasteiger partial charge on any atom is 0.263 e. The number of rotatable bonds is 6. The number of ether oxygens (including phenoxy) is 1. The van der Waals surface area contributed by atoms with Crippen LogP contribution in [0.5, 0.6) is 0 Å². The fourth-order valence-electron chi connectivity index (χ4n) is 2.95. The van der Waals surface area contributed by atoms with Crippen molar-refractivity contribution >= 4 is 33.3 Å². The predicted molar refractivity (Wildman–Crippen MR) is 101 cm³/mol. The van der Waals surface area contributed by atoms with Gasteiger partial charge in [0.05, 0.1) is 23.5 Å². The third-order valence-corrected chi connectivity index (χ3v) is 5.56. The third-order valence-electron chi connectivity index (χ3n) is 4.37. The summed E-state index contributed by atoms with van der Waals surface area (Å²) >= 11 is 1.43. The number of amides is 1. The summed E-state index contributed by atoms with van der Waals surface area (Å²) in [6.45, 7) is 7.55. The lowest BCUT2D eigenvalue weighted by molar-refractivity contribution is 0.0378. The quantitative estimate of drug-likeness (QED) is 0.790. The highest BCUT2D eigenvalue weighted by atomic mass is 32.1. The Labute approximate surface area is 152 Å². The first-order chi connectivity index (χ1) is 12.1. The molecular formula is C17H25N5O2S. The molecule has 0 atom stereocenters. The number of hydrogen-bond donors (Lipinski definition) is 1. The van der Waals surface area contributed by atoms with Gasteiger partial charge in [0.15, 0.2) is 0 Å². The first-order valence-corrected chi connectivity index (χ1v) is 9.39. The van der Waals surface area contributed by atoms with Crippen molar-refractivity contribution in [3.05, 3.63) is 16.8 Å². The van der Waals surface area contributed by atoms with E-state index < -0.39 is 0 Å². The van der Waals surface area contributed by atoms with Gasteiger partial charge in [-0.2, -0.15) is 0 Å². The Morgan fingerprint density at radius 2 is 2.12 bits per heavy atom. The Bertz CT molecular complexity index is 740. The highest BCUT2D eigenvalue weighted by Crippen LogP contribution is 2.33. The van der Waals surface area contributed by atoms with E-state index in [-0.39, 0.29) is 5.91 Å². The Balaban J connectivity index is 1.68. The molecule has 0 unspecified atom stereocenters. The zero-order chi connectivity index (χ0) is 17.8. The second-order valence-corrected chi connectivity index (χ2v) is 7.39. The maximum absolute atomic E-state index is 12.3. The summed E-state index contributed by atoms with van der Waals surface area (Å²) in [7, 11) is 3.53. The number of fused-ring (bicyclic) bond motifs is 1. The number of thiophene rings is 1. The van der Waals surface area contributed by atoms with Crippen LogP contribution in [0.2, 0.25) is 0 Å². The molecule has 136 valence electrons. The fourth-order valence-corrected chi connectivity index (χ4v) is 4.12. The Morgan fingerprint density at radius 3 is 2.84 bits per heavy atom. The van der Waals surface area contributed by atoms with Crippen LogP contribution >= 0.6 is 11.3 Å². The van der Waals surface area contributed by atoms with E-state index in [0.717, 1.165) is 72.3 Å². The molecule has 0 radical (unpaired) electrons. The van der Waals surface area contributed by atoms with Gasteiger partial charge in [0.2, 0.25) is 0 Å². The number of aryl methyl sites for hydroxylation is 1. The lowest BCUT2D eigenvalue weighted by Gasteiger charge is -2.26. The topological polar surface area (TPSA) is 70.6 Å². The van der Waals surface area contributed by atoms with E-state index >= 15 is 0 Å². The highest BCUT2D eigenvalue weighted by molar-refractivity contribution is 7.20. The molecule has 0 aliphatic carbocycles. The van der Waals surface area contributed by atoms with E-state index in [0.29, 0.717) is 0 Å². The number of nitrogens with one attached hydrogen (secondary N) is 1.